The first-order valence-corrected chi connectivity index (χ1v) is 8.09. The van der Waals surface area contributed by atoms with Gasteiger partial charge >= 0.3 is 0 Å². The zero-order valence-corrected chi connectivity index (χ0v) is 12.5. The van der Waals surface area contributed by atoms with Crippen LogP contribution in [0.3, 0.4) is 0 Å². The van der Waals surface area contributed by atoms with Gasteiger partial charge in [0.1, 0.15) is 0 Å². The first-order chi connectivity index (χ1) is 8.65. The number of piperidine rings is 1. The van der Waals surface area contributed by atoms with Gasteiger partial charge in [-0.05, 0) is 56.5 Å². The highest BCUT2D eigenvalue weighted by Gasteiger charge is 2.36. The molecule has 1 unspecified atom stereocenters. The maximum Gasteiger partial charge on any atom is 0.0220 e. The molecule has 1 aliphatic carbocycles. The highest BCUT2D eigenvalue weighted by Crippen LogP contribution is 2.44. The Morgan fingerprint density at radius 1 is 1.00 bits per heavy atom. The van der Waals surface area contributed by atoms with Gasteiger partial charge in [0.25, 0.3) is 0 Å². The summed E-state index contributed by atoms with van der Waals surface area (Å²) < 4.78 is 0. The Hall–Kier alpha value is -0.0800. The van der Waals surface area contributed by atoms with Gasteiger partial charge in [-0.25, -0.2) is 0 Å². The molecule has 2 heteroatoms. The molecule has 0 bridgehead atoms. The summed E-state index contributed by atoms with van der Waals surface area (Å²) in [4.78, 5) is 2.68. The summed E-state index contributed by atoms with van der Waals surface area (Å²) >= 11 is 0. The maximum absolute atomic E-state index is 5.98. The average molecular weight is 252 g/mol. The van der Waals surface area contributed by atoms with Crippen LogP contribution in [0.2, 0.25) is 0 Å². The van der Waals surface area contributed by atoms with E-state index in [1.165, 1.54) is 64.5 Å². The van der Waals surface area contributed by atoms with Gasteiger partial charge in [-0.15, -0.1) is 0 Å². The molecule has 1 heterocycles. The van der Waals surface area contributed by atoms with Crippen LogP contribution >= 0.6 is 0 Å². The first kappa shape index (κ1) is 14.3. The second kappa shape index (κ2) is 6.38. The van der Waals surface area contributed by atoms with E-state index >= 15 is 0 Å². The molecule has 0 aromatic carbocycles. The number of nitrogens with zero attached hydrogens (tertiary/aromatic N) is 1. The van der Waals surface area contributed by atoms with Gasteiger partial charge in [-0.2, -0.15) is 0 Å². The second-order valence-corrected chi connectivity index (χ2v) is 7.12. The van der Waals surface area contributed by atoms with E-state index in [0.717, 1.165) is 17.9 Å². The zero-order chi connectivity index (χ0) is 13.0. The van der Waals surface area contributed by atoms with E-state index in [0.29, 0.717) is 6.04 Å². The minimum atomic E-state index is 0.631. The summed E-state index contributed by atoms with van der Waals surface area (Å²) in [5.41, 5.74) is 6.71. The van der Waals surface area contributed by atoms with Crippen molar-refractivity contribution in [1.29, 1.82) is 0 Å². The molecule has 1 saturated carbocycles. The standard InChI is InChI=1S/C16H32N2/c1-14(2)12-15(13-17)18-10-8-16(9-11-18)6-4-3-5-7-16/h14-15H,3-13,17H2,1-2H3. The molecule has 1 aliphatic heterocycles. The monoisotopic (exact) mass is 252 g/mol. The van der Waals surface area contributed by atoms with E-state index in [4.69, 9.17) is 5.73 Å². The fraction of sp³-hybridized carbons (Fsp3) is 1.00. The molecule has 2 rings (SSSR count). The van der Waals surface area contributed by atoms with Crippen LogP contribution in [0.25, 0.3) is 0 Å². The molecule has 0 aromatic rings. The molecule has 0 radical (unpaired) electrons. The van der Waals surface area contributed by atoms with Crippen molar-refractivity contribution in [2.24, 2.45) is 17.1 Å². The molecule has 2 fully saturated rings. The SMILES string of the molecule is CC(C)CC(CN)N1CCC2(CCCCC2)CC1. The number of hydrogen-bond donors (Lipinski definition) is 1. The van der Waals surface area contributed by atoms with E-state index in [1.807, 2.05) is 0 Å². The molecule has 0 aromatic heterocycles. The highest BCUT2D eigenvalue weighted by atomic mass is 15.2. The van der Waals surface area contributed by atoms with Gasteiger partial charge in [0, 0.05) is 12.6 Å². The van der Waals surface area contributed by atoms with Crippen molar-refractivity contribution in [2.75, 3.05) is 19.6 Å². The normalized spacial score (nSPS) is 26.7. The average Bonchev–Trinajstić information content (AvgIpc) is 2.38. The summed E-state index contributed by atoms with van der Waals surface area (Å²) in [5.74, 6) is 0.768. The summed E-state index contributed by atoms with van der Waals surface area (Å²) in [6.45, 7) is 8.07. The molecular formula is C16H32N2. The third kappa shape index (κ3) is 3.48. The largest absolute Gasteiger partial charge is 0.329 e. The lowest BCUT2D eigenvalue weighted by Crippen LogP contribution is -2.48. The fourth-order valence-electron chi connectivity index (χ4n) is 4.10. The molecular weight excluding hydrogens is 220 g/mol. The maximum atomic E-state index is 5.98. The predicted molar refractivity (Wildman–Crippen MR) is 78.6 cm³/mol. The Morgan fingerprint density at radius 2 is 1.61 bits per heavy atom. The Balaban J connectivity index is 1.84. The van der Waals surface area contributed by atoms with Gasteiger partial charge in [-0.3, -0.25) is 4.90 Å². The van der Waals surface area contributed by atoms with Crippen LogP contribution in [-0.2, 0) is 0 Å². The van der Waals surface area contributed by atoms with E-state index in [1.54, 1.807) is 0 Å². The molecule has 0 amide bonds. The number of rotatable bonds is 4. The van der Waals surface area contributed by atoms with E-state index in [-0.39, 0.29) is 0 Å². The van der Waals surface area contributed by atoms with Crippen molar-refractivity contribution < 1.29 is 0 Å². The van der Waals surface area contributed by atoms with Crippen LogP contribution in [0.15, 0.2) is 0 Å². The minimum absolute atomic E-state index is 0.631. The lowest BCUT2D eigenvalue weighted by atomic mass is 9.68. The van der Waals surface area contributed by atoms with Crippen molar-refractivity contribution >= 4 is 0 Å². The summed E-state index contributed by atoms with van der Waals surface area (Å²) in [5, 5.41) is 0. The number of nitrogens with two attached hydrogens (primary N) is 1. The Kier molecular flexibility index (Phi) is 5.08. The van der Waals surface area contributed by atoms with Gasteiger partial charge in [0.15, 0.2) is 0 Å². The van der Waals surface area contributed by atoms with Crippen molar-refractivity contribution in [3.8, 4) is 0 Å². The molecule has 2 aliphatic rings. The minimum Gasteiger partial charge on any atom is -0.329 e. The Bertz CT molecular complexity index is 233. The smallest absolute Gasteiger partial charge is 0.0220 e. The summed E-state index contributed by atoms with van der Waals surface area (Å²) in [6.07, 6.45) is 11.6. The summed E-state index contributed by atoms with van der Waals surface area (Å²) in [7, 11) is 0. The molecule has 1 atom stereocenters. The van der Waals surface area contributed by atoms with Crippen molar-refractivity contribution in [3.63, 3.8) is 0 Å². The Morgan fingerprint density at radius 3 is 2.11 bits per heavy atom. The van der Waals surface area contributed by atoms with E-state index in [2.05, 4.69) is 18.7 Å². The number of likely N-dealkylation sites (tertiary alicyclic amines) is 1. The van der Waals surface area contributed by atoms with Crippen LogP contribution in [0.1, 0.15) is 65.2 Å². The van der Waals surface area contributed by atoms with Crippen molar-refractivity contribution in [1.82, 2.24) is 4.90 Å². The van der Waals surface area contributed by atoms with Gasteiger partial charge in [0.2, 0.25) is 0 Å². The van der Waals surface area contributed by atoms with Gasteiger partial charge < -0.3 is 5.73 Å². The zero-order valence-electron chi connectivity index (χ0n) is 12.5. The number of hydrogen-bond acceptors (Lipinski definition) is 2. The molecule has 1 saturated heterocycles. The molecule has 2 nitrogen and oxygen atoms in total. The molecule has 2 N–H and O–H groups in total. The van der Waals surface area contributed by atoms with Crippen LogP contribution in [0.5, 0.6) is 0 Å². The molecule has 18 heavy (non-hydrogen) atoms. The van der Waals surface area contributed by atoms with Crippen molar-refractivity contribution in [2.45, 2.75) is 71.3 Å². The van der Waals surface area contributed by atoms with E-state index in [9.17, 15) is 0 Å². The highest BCUT2D eigenvalue weighted by molar-refractivity contribution is 4.90. The lowest BCUT2D eigenvalue weighted by Gasteiger charge is -2.46. The van der Waals surface area contributed by atoms with Gasteiger partial charge in [0.05, 0.1) is 0 Å². The van der Waals surface area contributed by atoms with Crippen LogP contribution < -0.4 is 5.73 Å². The summed E-state index contributed by atoms with van der Waals surface area (Å²) in [6, 6.07) is 0.631. The van der Waals surface area contributed by atoms with Crippen LogP contribution in [0.4, 0.5) is 0 Å². The van der Waals surface area contributed by atoms with Crippen molar-refractivity contribution in [3.05, 3.63) is 0 Å². The lowest BCUT2D eigenvalue weighted by molar-refractivity contribution is 0.0418. The fourth-order valence-corrected chi connectivity index (χ4v) is 4.10. The van der Waals surface area contributed by atoms with Crippen LogP contribution in [-0.4, -0.2) is 30.6 Å². The Labute approximate surface area is 113 Å². The third-order valence-corrected chi connectivity index (χ3v) is 5.30. The van der Waals surface area contributed by atoms with Gasteiger partial charge in [-0.1, -0.05) is 33.1 Å². The second-order valence-electron chi connectivity index (χ2n) is 7.12. The molecule has 1 spiro atoms. The molecule has 106 valence electrons. The first-order valence-electron chi connectivity index (χ1n) is 8.09. The predicted octanol–water partition coefficient (Wildman–Crippen LogP) is 3.41. The quantitative estimate of drug-likeness (QED) is 0.831. The van der Waals surface area contributed by atoms with E-state index < -0.39 is 0 Å². The van der Waals surface area contributed by atoms with Crippen LogP contribution in [0, 0.1) is 11.3 Å². The topological polar surface area (TPSA) is 29.3 Å². The third-order valence-electron chi connectivity index (χ3n) is 5.30.